The summed E-state index contributed by atoms with van der Waals surface area (Å²) in [4.78, 5) is 6.78. The van der Waals surface area contributed by atoms with Crippen LogP contribution in [0.4, 0.5) is 0 Å². The molecule has 1 aliphatic rings. The molecule has 3 rings (SSSR count). The average Bonchev–Trinajstić information content (AvgIpc) is 3.05. The number of hydrogen-bond acceptors (Lipinski definition) is 6. The molecule has 1 fully saturated rings. The van der Waals surface area contributed by atoms with Crippen LogP contribution in [-0.4, -0.2) is 71.3 Å². The first-order chi connectivity index (χ1) is 14.6. The number of nitrogens with one attached hydrogen (secondary N) is 1. The fourth-order valence-electron chi connectivity index (χ4n) is 3.44. The molecule has 2 heterocycles. The Morgan fingerprint density at radius 1 is 1.26 bits per heavy atom. The minimum atomic E-state index is -3.13. The van der Waals surface area contributed by atoms with Gasteiger partial charge in [0, 0.05) is 26.7 Å². The zero-order valence-electron chi connectivity index (χ0n) is 18.9. The summed E-state index contributed by atoms with van der Waals surface area (Å²) in [6, 6.07) is 7.96. The second-order valence-electron chi connectivity index (χ2n) is 8.39. The van der Waals surface area contributed by atoms with Crippen LogP contribution in [-0.2, 0) is 29.9 Å². The highest BCUT2D eigenvalue weighted by atomic mass is 32.2. The highest BCUT2D eigenvalue weighted by Gasteiger charge is 2.41. The third-order valence-corrected chi connectivity index (χ3v) is 8.28. The van der Waals surface area contributed by atoms with Crippen molar-refractivity contribution in [2.45, 2.75) is 38.5 Å². The summed E-state index contributed by atoms with van der Waals surface area (Å²) in [6.45, 7) is 7.29. The lowest BCUT2D eigenvalue weighted by Crippen LogP contribution is -2.57. The smallest absolute Gasteiger partial charge is 0.194 e. The van der Waals surface area contributed by atoms with E-state index < -0.39 is 14.6 Å². The molecule has 2 aromatic rings. The Labute approximate surface area is 184 Å². The molecular weight excluding hydrogens is 416 g/mol. The van der Waals surface area contributed by atoms with Gasteiger partial charge in [0.05, 0.1) is 17.6 Å². The number of sulfone groups is 1. The standard InChI is InChI=1S/C21H32N6O3S/c1-16-24-25-19(26(16)4)14-23-20(27-12-13-31(28,29)21(2,3)15-27)22-11-10-17-6-8-18(30-5)9-7-17/h6-9H,10-15H2,1-5H3,(H,22,23). The third kappa shape index (κ3) is 5.36. The minimum absolute atomic E-state index is 0.113. The van der Waals surface area contributed by atoms with Crippen LogP contribution in [0.15, 0.2) is 29.3 Å². The summed E-state index contributed by atoms with van der Waals surface area (Å²) in [6.07, 6.45) is 0.807. The molecule has 1 saturated heterocycles. The van der Waals surface area contributed by atoms with Gasteiger partial charge in [-0.3, -0.25) is 0 Å². The Bertz CT molecular complexity index is 1030. The molecule has 0 unspecified atom stereocenters. The zero-order valence-corrected chi connectivity index (χ0v) is 19.7. The summed E-state index contributed by atoms with van der Waals surface area (Å²) in [5, 5.41) is 11.7. The number of aromatic nitrogens is 3. The maximum atomic E-state index is 12.4. The Balaban J connectivity index is 1.73. The van der Waals surface area contributed by atoms with E-state index in [9.17, 15) is 8.42 Å². The van der Waals surface area contributed by atoms with Crippen LogP contribution in [0.5, 0.6) is 5.75 Å². The number of hydrogen-bond donors (Lipinski definition) is 1. The highest BCUT2D eigenvalue weighted by Crippen LogP contribution is 2.24. The summed E-state index contributed by atoms with van der Waals surface area (Å²) in [5.74, 6) is 3.22. The third-order valence-electron chi connectivity index (χ3n) is 5.75. The molecule has 0 saturated carbocycles. The van der Waals surface area contributed by atoms with Crippen LogP contribution in [0.3, 0.4) is 0 Å². The van der Waals surface area contributed by atoms with Gasteiger partial charge in [-0.05, 0) is 44.9 Å². The van der Waals surface area contributed by atoms with Gasteiger partial charge in [0.1, 0.15) is 18.1 Å². The fraction of sp³-hybridized carbons (Fsp3) is 0.571. The van der Waals surface area contributed by atoms with Gasteiger partial charge in [-0.25, -0.2) is 13.4 Å². The Hall–Kier alpha value is -2.62. The molecule has 1 aromatic carbocycles. The minimum Gasteiger partial charge on any atom is -0.497 e. The van der Waals surface area contributed by atoms with E-state index in [0.29, 0.717) is 32.1 Å². The molecule has 0 bridgehead atoms. The van der Waals surface area contributed by atoms with Gasteiger partial charge < -0.3 is 19.5 Å². The first-order valence-corrected chi connectivity index (χ1v) is 12.0. The summed E-state index contributed by atoms with van der Waals surface area (Å²) >= 11 is 0. The van der Waals surface area contributed by atoms with Crippen LogP contribution in [0.1, 0.15) is 31.1 Å². The van der Waals surface area contributed by atoms with E-state index >= 15 is 0 Å². The van der Waals surface area contributed by atoms with Crippen LogP contribution in [0, 0.1) is 6.92 Å². The molecule has 10 heteroatoms. The topological polar surface area (TPSA) is 102 Å². The first kappa shape index (κ1) is 23.1. The van der Waals surface area contributed by atoms with Crippen LogP contribution < -0.4 is 10.1 Å². The monoisotopic (exact) mass is 448 g/mol. The lowest BCUT2D eigenvalue weighted by atomic mass is 10.1. The van der Waals surface area contributed by atoms with Crippen molar-refractivity contribution in [3.05, 3.63) is 41.5 Å². The normalized spacial score (nSPS) is 18.1. The van der Waals surface area contributed by atoms with E-state index in [1.807, 2.05) is 47.7 Å². The molecular formula is C21H32N6O3S. The molecule has 1 aliphatic heterocycles. The number of nitrogens with zero attached hydrogens (tertiary/aromatic N) is 5. The molecule has 0 spiro atoms. The largest absolute Gasteiger partial charge is 0.497 e. The predicted molar refractivity (Wildman–Crippen MR) is 121 cm³/mol. The van der Waals surface area contributed by atoms with E-state index in [0.717, 1.165) is 23.8 Å². The van der Waals surface area contributed by atoms with Gasteiger partial charge in [0.2, 0.25) is 0 Å². The van der Waals surface area contributed by atoms with E-state index in [2.05, 4.69) is 15.5 Å². The molecule has 170 valence electrons. The number of ether oxygens (including phenoxy) is 1. The summed E-state index contributed by atoms with van der Waals surface area (Å²) < 4.78 is 31.1. The van der Waals surface area contributed by atoms with E-state index in [1.54, 1.807) is 21.0 Å². The summed E-state index contributed by atoms with van der Waals surface area (Å²) in [5.41, 5.74) is 1.18. The summed E-state index contributed by atoms with van der Waals surface area (Å²) in [7, 11) is 0.430. The maximum absolute atomic E-state index is 12.4. The Morgan fingerprint density at radius 3 is 2.55 bits per heavy atom. The number of aliphatic imine (C=N–C) groups is 1. The lowest BCUT2D eigenvalue weighted by molar-refractivity contribution is 0.352. The second-order valence-corrected chi connectivity index (χ2v) is 11.1. The quantitative estimate of drug-likeness (QED) is 0.525. The predicted octanol–water partition coefficient (Wildman–Crippen LogP) is 1.33. The van der Waals surface area contributed by atoms with Crippen molar-refractivity contribution < 1.29 is 13.2 Å². The molecule has 31 heavy (non-hydrogen) atoms. The van der Waals surface area contributed by atoms with Crippen molar-refractivity contribution in [1.29, 1.82) is 0 Å². The lowest BCUT2D eigenvalue weighted by Gasteiger charge is -2.39. The molecule has 0 radical (unpaired) electrons. The zero-order chi connectivity index (χ0) is 22.6. The molecule has 9 nitrogen and oxygen atoms in total. The van der Waals surface area contributed by atoms with Crippen molar-refractivity contribution in [1.82, 2.24) is 25.0 Å². The van der Waals surface area contributed by atoms with Crippen molar-refractivity contribution in [2.75, 3.05) is 32.5 Å². The van der Waals surface area contributed by atoms with Crippen molar-refractivity contribution in [2.24, 2.45) is 12.0 Å². The van der Waals surface area contributed by atoms with E-state index in [1.165, 1.54) is 5.56 Å². The Kier molecular flexibility index (Phi) is 6.88. The molecule has 0 atom stereocenters. The SMILES string of the molecule is COc1ccc(CCNC(=NCc2nnc(C)n2C)N2CCS(=O)(=O)C(C)(C)C2)cc1. The Morgan fingerprint density at radius 2 is 1.97 bits per heavy atom. The number of guanidine groups is 1. The molecule has 0 aliphatic carbocycles. The van der Waals surface area contributed by atoms with Crippen LogP contribution in [0.2, 0.25) is 0 Å². The van der Waals surface area contributed by atoms with Gasteiger partial charge in [-0.2, -0.15) is 0 Å². The van der Waals surface area contributed by atoms with Gasteiger partial charge in [0.15, 0.2) is 21.6 Å². The maximum Gasteiger partial charge on any atom is 0.194 e. The first-order valence-electron chi connectivity index (χ1n) is 10.4. The van der Waals surface area contributed by atoms with Crippen LogP contribution >= 0.6 is 0 Å². The molecule has 0 amide bonds. The molecule has 1 aromatic heterocycles. The number of benzene rings is 1. The van der Waals surface area contributed by atoms with Gasteiger partial charge in [0.25, 0.3) is 0 Å². The number of aryl methyl sites for hydroxylation is 1. The van der Waals surface area contributed by atoms with Crippen molar-refractivity contribution >= 4 is 15.8 Å². The second kappa shape index (κ2) is 9.25. The van der Waals surface area contributed by atoms with Crippen molar-refractivity contribution in [3.63, 3.8) is 0 Å². The van der Waals surface area contributed by atoms with E-state index in [4.69, 9.17) is 9.73 Å². The highest BCUT2D eigenvalue weighted by molar-refractivity contribution is 7.92. The number of rotatable bonds is 6. The van der Waals surface area contributed by atoms with Crippen LogP contribution in [0.25, 0.3) is 0 Å². The van der Waals surface area contributed by atoms with Crippen molar-refractivity contribution in [3.8, 4) is 5.75 Å². The van der Waals surface area contributed by atoms with Gasteiger partial charge >= 0.3 is 0 Å². The van der Waals surface area contributed by atoms with Gasteiger partial charge in [-0.15, -0.1) is 10.2 Å². The van der Waals surface area contributed by atoms with E-state index in [-0.39, 0.29) is 5.75 Å². The fourth-order valence-corrected chi connectivity index (χ4v) is 4.80. The number of methoxy groups -OCH3 is 1. The molecule has 1 N–H and O–H groups in total. The van der Waals surface area contributed by atoms with Gasteiger partial charge in [-0.1, -0.05) is 12.1 Å². The average molecular weight is 449 g/mol.